The van der Waals surface area contributed by atoms with Gasteiger partial charge in [0.1, 0.15) is 6.04 Å². The summed E-state index contributed by atoms with van der Waals surface area (Å²) in [6.45, 7) is 3.58. The highest BCUT2D eigenvalue weighted by Crippen LogP contribution is 2.16. The number of hydrogen-bond donors (Lipinski definition) is 2. The molecule has 0 aliphatic rings. The van der Waals surface area contributed by atoms with E-state index in [2.05, 4.69) is 26.5 Å². The number of carbonyl (C=O) groups is 1. The van der Waals surface area contributed by atoms with Gasteiger partial charge in [0.25, 0.3) is 5.91 Å². The maximum Gasteiger partial charge on any atom is 0.258 e. The predicted octanol–water partition coefficient (Wildman–Crippen LogP) is 0.505. The van der Waals surface area contributed by atoms with E-state index in [9.17, 15) is 4.79 Å². The molecule has 1 aromatic heterocycles. The highest BCUT2D eigenvalue weighted by molar-refractivity contribution is 9.10. The molecule has 0 aliphatic heterocycles. The molecule has 72 valence electrons. The number of nitrogens with one attached hydrogen (secondary N) is 1. The number of nitrogens with zero attached hydrogens (tertiary/aromatic N) is 2. The average Bonchev–Trinajstić information content (AvgIpc) is 2.44. The van der Waals surface area contributed by atoms with Crippen molar-refractivity contribution in [3.8, 4) is 0 Å². The van der Waals surface area contributed by atoms with Crippen molar-refractivity contribution >= 4 is 21.8 Å². The number of carbonyl (C=O) groups excluding carboxylic acids is 1. The zero-order valence-electron chi connectivity index (χ0n) is 7.41. The second kappa shape index (κ2) is 3.89. The van der Waals surface area contributed by atoms with Crippen molar-refractivity contribution in [2.75, 3.05) is 0 Å². The molecule has 3 N–H and O–H groups in total. The third-order valence-electron chi connectivity index (χ3n) is 1.78. The molecule has 0 fully saturated rings. The summed E-state index contributed by atoms with van der Waals surface area (Å²) >= 11 is 3.31. The van der Waals surface area contributed by atoms with Gasteiger partial charge in [-0.25, -0.2) is 5.84 Å². The first-order chi connectivity index (χ1) is 6.06. The number of rotatable bonds is 2. The zero-order chi connectivity index (χ0) is 10.0. The number of aromatic nitrogens is 2. The molecule has 5 nitrogen and oxygen atoms in total. The molecule has 0 unspecified atom stereocenters. The van der Waals surface area contributed by atoms with Crippen LogP contribution in [0.15, 0.2) is 10.7 Å². The predicted molar refractivity (Wildman–Crippen MR) is 51.7 cm³/mol. The van der Waals surface area contributed by atoms with Crippen molar-refractivity contribution in [3.05, 3.63) is 16.4 Å². The van der Waals surface area contributed by atoms with Gasteiger partial charge >= 0.3 is 0 Å². The molecule has 1 heterocycles. The lowest BCUT2D eigenvalue weighted by Gasteiger charge is -2.09. The van der Waals surface area contributed by atoms with E-state index in [0.29, 0.717) is 0 Å². The van der Waals surface area contributed by atoms with Gasteiger partial charge in [0, 0.05) is 6.20 Å². The van der Waals surface area contributed by atoms with Crippen LogP contribution in [0.5, 0.6) is 0 Å². The number of aryl methyl sites for hydroxylation is 1. The Morgan fingerprint density at radius 1 is 1.85 bits per heavy atom. The van der Waals surface area contributed by atoms with Crippen molar-refractivity contribution in [1.29, 1.82) is 0 Å². The lowest BCUT2D eigenvalue weighted by Crippen LogP contribution is -2.36. The third kappa shape index (κ3) is 2.07. The van der Waals surface area contributed by atoms with Crippen molar-refractivity contribution < 1.29 is 4.79 Å². The molecular formula is C7H11BrN4O. The first kappa shape index (κ1) is 10.2. The van der Waals surface area contributed by atoms with Crippen LogP contribution in [-0.2, 0) is 4.79 Å². The Hall–Kier alpha value is -0.880. The maximum absolute atomic E-state index is 11.1. The van der Waals surface area contributed by atoms with Gasteiger partial charge in [0.05, 0.1) is 10.2 Å². The summed E-state index contributed by atoms with van der Waals surface area (Å²) in [6, 6.07) is -0.394. The standard InChI is InChI=1S/C7H11BrN4O/c1-4-6(8)3-12(11-4)5(2)7(13)10-9/h3,5H,9H2,1-2H3,(H,10,13)/t5-/m1/s1. The maximum atomic E-state index is 11.1. The second-order valence-electron chi connectivity index (χ2n) is 2.73. The lowest BCUT2D eigenvalue weighted by atomic mass is 10.3. The summed E-state index contributed by atoms with van der Waals surface area (Å²) in [6.07, 6.45) is 1.75. The molecule has 1 atom stereocenters. The van der Waals surface area contributed by atoms with E-state index in [4.69, 9.17) is 5.84 Å². The molecule has 0 spiro atoms. The van der Waals surface area contributed by atoms with Gasteiger partial charge in [0.2, 0.25) is 0 Å². The summed E-state index contributed by atoms with van der Waals surface area (Å²) in [7, 11) is 0. The Labute approximate surface area is 84.4 Å². The number of nitrogens with two attached hydrogens (primary N) is 1. The van der Waals surface area contributed by atoms with Gasteiger partial charge in [-0.3, -0.25) is 14.9 Å². The highest BCUT2D eigenvalue weighted by Gasteiger charge is 2.15. The first-order valence-electron chi connectivity index (χ1n) is 3.78. The fourth-order valence-corrected chi connectivity index (χ4v) is 1.19. The van der Waals surface area contributed by atoms with Crippen LogP contribution in [0.2, 0.25) is 0 Å². The Bertz CT molecular complexity index is 303. The minimum absolute atomic E-state index is 0.269. The molecule has 0 aromatic carbocycles. The molecule has 1 rings (SSSR count). The largest absolute Gasteiger partial charge is 0.292 e. The Morgan fingerprint density at radius 2 is 2.46 bits per heavy atom. The van der Waals surface area contributed by atoms with Crippen LogP contribution in [-0.4, -0.2) is 15.7 Å². The molecule has 0 bridgehead atoms. The van der Waals surface area contributed by atoms with Crippen LogP contribution in [0.3, 0.4) is 0 Å². The smallest absolute Gasteiger partial charge is 0.258 e. The fraction of sp³-hybridized carbons (Fsp3) is 0.429. The minimum atomic E-state index is -0.394. The Kier molecular flexibility index (Phi) is 3.05. The van der Waals surface area contributed by atoms with E-state index in [1.807, 2.05) is 6.92 Å². The Balaban J connectivity index is 2.89. The third-order valence-corrected chi connectivity index (χ3v) is 2.55. The monoisotopic (exact) mass is 246 g/mol. The van der Waals surface area contributed by atoms with Crippen LogP contribution >= 0.6 is 15.9 Å². The van der Waals surface area contributed by atoms with Crippen LogP contribution in [0.25, 0.3) is 0 Å². The summed E-state index contributed by atoms with van der Waals surface area (Å²) in [5.41, 5.74) is 2.92. The minimum Gasteiger partial charge on any atom is -0.292 e. The molecule has 0 aliphatic carbocycles. The van der Waals surface area contributed by atoms with Crippen molar-refractivity contribution in [1.82, 2.24) is 15.2 Å². The Morgan fingerprint density at radius 3 is 2.85 bits per heavy atom. The van der Waals surface area contributed by atoms with Gasteiger partial charge in [-0.15, -0.1) is 0 Å². The van der Waals surface area contributed by atoms with E-state index < -0.39 is 6.04 Å². The number of hydrazine groups is 1. The van der Waals surface area contributed by atoms with Gasteiger partial charge in [-0.05, 0) is 29.8 Å². The summed E-state index contributed by atoms with van der Waals surface area (Å²) < 4.78 is 2.44. The van der Waals surface area contributed by atoms with Crippen molar-refractivity contribution in [2.45, 2.75) is 19.9 Å². The summed E-state index contributed by atoms with van der Waals surface area (Å²) in [5, 5.41) is 4.13. The van der Waals surface area contributed by atoms with Gasteiger partial charge in [0.15, 0.2) is 0 Å². The summed E-state index contributed by atoms with van der Waals surface area (Å²) in [5.74, 6) is 4.73. The number of amides is 1. The van der Waals surface area contributed by atoms with Crippen molar-refractivity contribution in [3.63, 3.8) is 0 Å². The highest BCUT2D eigenvalue weighted by atomic mass is 79.9. The zero-order valence-corrected chi connectivity index (χ0v) is 9.00. The molecular weight excluding hydrogens is 236 g/mol. The molecule has 1 amide bonds. The molecule has 6 heteroatoms. The molecule has 1 aromatic rings. The molecule has 13 heavy (non-hydrogen) atoms. The van der Waals surface area contributed by atoms with Crippen LogP contribution in [0.4, 0.5) is 0 Å². The van der Waals surface area contributed by atoms with Gasteiger partial charge < -0.3 is 0 Å². The molecule has 0 saturated carbocycles. The first-order valence-corrected chi connectivity index (χ1v) is 4.57. The topological polar surface area (TPSA) is 72.9 Å². The van der Waals surface area contributed by atoms with E-state index >= 15 is 0 Å². The second-order valence-corrected chi connectivity index (χ2v) is 3.58. The van der Waals surface area contributed by atoms with Gasteiger partial charge in [-0.2, -0.15) is 5.10 Å². The van der Waals surface area contributed by atoms with Crippen LogP contribution < -0.4 is 11.3 Å². The SMILES string of the molecule is Cc1nn([C@H](C)C(=O)NN)cc1Br. The molecule has 0 saturated heterocycles. The normalized spacial score (nSPS) is 12.6. The van der Waals surface area contributed by atoms with E-state index in [1.165, 1.54) is 0 Å². The van der Waals surface area contributed by atoms with E-state index in [-0.39, 0.29) is 5.91 Å². The van der Waals surface area contributed by atoms with Crippen LogP contribution in [0, 0.1) is 6.92 Å². The van der Waals surface area contributed by atoms with E-state index in [0.717, 1.165) is 10.2 Å². The van der Waals surface area contributed by atoms with Crippen LogP contribution in [0.1, 0.15) is 18.7 Å². The lowest BCUT2D eigenvalue weighted by molar-refractivity contribution is -0.124. The fourth-order valence-electron chi connectivity index (χ4n) is 0.899. The quantitative estimate of drug-likeness (QED) is 0.454. The number of hydrogen-bond acceptors (Lipinski definition) is 3. The van der Waals surface area contributed by atoms with Gasteiger partial charge in [-0.1, -0.05) is 0 Å². The average molecular weight is 247 g/mol. The van der Waals surface area contributed by atoms with Crippen molar-refractivity contribution in [2.24, 2.45) is 5.84 Å². The van der Waals surface area contributed by atoms with E-state index in [1.54, 1.807) is 17.8 Å². The summed E-state index contributed by atoms with van der Waals surface area (Å²) in [4.78, 5) is 11.1. The number of halogens is 1. The molecule has 0 radical (unpaired) electrons.